The lowest BCUT2D eigenvalue weighted by atomic mass is 9.98. The fraction of sp³-hybridized carbons (Fsp3) is 0.667. The lowest BCUT2D eigenvalue weighted by molar-refractivity contribution is 0.394. The fourth-order valence-electron chi connectivity index (χ4n) is 1.23. The van der Waals surface area contributed by atoms with Gasteiger partial charge >= 0.3 is 0 Å². The third-order valence-corrected chi connectivity index (χ3v) is 3.51. The normalized spacial score (nSPS) is 13.4. The molecule has 0 aliphatic rings. The first-order valence-corrected chi connectivity index (χ1v) is 6.36. The van der Waals surface area contributed by atoms with E-state index in [0.717, 1.165) is 31.3 Å². The van der Waals surface area contributed by atoms with Crippen LogP contribution >= 0.6 is 11.3 Å². The first-order valence-electron chi connectivity index (χ1n) is 5.42. The van der Waals surface area contributed by atoms with Gasteiger partial charge in [-0.15, -0.1) is 0 Å². The van der Waals surface area contributed by atoms with Crippen LogP contribution in [0.15, 0.2) is 16.8 Å². The third-order valence-electron chi connectivity index (χ3n) is 2.77. The Morgan fingerprint density at radius 3 is 2.71 bits per heavy atom. The van der Waals surface area contributed by atoms with Crippen molar-refractivity contribution < 1.29 is 0 Å². The summed E-state index contributed by atoms with van der Waals surface area (Å²) >= 11 is 1.78. The van der Waals surface area contributed by atoms with Gasteiger partial charge in [0.2, 0.25) is 0 Å². The average molecular weight is 211 g/mol. The summed E-state index contributed by atoms with van der Waals surface area (Å²) in [5, 5.41) is 7.88. The van der Waals surface area contributed by atoms with Crippen LogP contribution in [0.5, 0.6) is 0 Å². The summed E-state index contributed by atoms with van der Waals surface area (Å²) in [6, 6.07) is 2.21. The standard InChI is InChI=1S/C12H21NS/c1-10(2)11(3)8-13-6-4-12-5-7-14-9-12/h5,7,9-11,13H,4,6,8H2,1-3H3. The molecule has 1 aromatic heterocycles. The molecule has 0 aliphatic heterocycles. The van der Waals surface area contributed by atoms with Crippen LogP contribution in [0.3, 0.4) is 0 Å². The van der Waals surface area contributed by atoms with Crippen molar-refractivity contribution in [1.29, 1.82) is 0 Å². The number of rotatable bonds is 6. The first-order chi connectivity index (χ1) is 6.70. The molecule has 0 aromatic carbocycles. The van der Waals surface area contributed by atoms with E-state index in [2.05, 4.69) is 42.9 Å². The molecule has 2 heteroatoms. The van der Waals surface area contributed by atoms with Gasteiger partial charge in [0.1, 0.15) is 0 Å². The number of hydrogen-bond acceptors (Lipinski definition) is 2. The highest BCUT2D eigenvalue weighted by Gasteiger charge is 2.05. The molecule has 1 rings (SSSR count). The molecule has 1 nitrogen and oxygen atoms in total. The number of thiophene rings is 1. The molecule has 0 saturated carbocycles. The second-order valence-corrected chi connectivity index (χ2v) is 5.09. The lowest BCUT2D eigenvalue weighted by Gasteiger charge is -2.15. The van der Waals surface area contributed by atoms with Crippen molar-refractivity contribution in [2.75, 3.05) is 13.1 Å². The van der Waals surface area contributed by atoms with Gasteiger partial charge in [0, 0.05) is 0 Å². The van der Waals surface area contributed by atoms with E-state index >= 15 is 0 Å². The van der Waals surface area contributed by atoms with Gasteiger partial charge in [-0.3, -0.25) is 0 Å². The second-order valence-electron chi connectivity index (χ2n) is 4.31. The van der Waals surface area contributed by atoms with E-state index in [4.69, 9.17) is 0 Å². The maximum absolute atomic E-state index is 3.51. The Morgan fingerprint density at radius 1 is 1.36 bits per heavy atom. The minimum absolute atomic E-state index is 0.775. The van der Waals surface area contributed by atoms with Crippen molar-refractivity contribution in [3.05, 3.63) is 22.4 Å². The van der Waals surface area contributed by atoms with Crippen molar-refractivity contribution in [3.8, 4) is 0 Å². The third kappa shape index (κ3) is 4.25. The van der Waals surface area contributed by atoms with E-state index in [1.165, 1.54) is 5.56 Å². The molecule has 0 spiro atoms. The van der Waals surface area contributed by atoms with Crippen LogP contribution in [-0.4, -0.2) is 13.1 Å². The second kappa shape index (κ2) is 6.20. The predicted molar refractivity (Wildman–Crippen MR) is 64.9 cm³/mol. The molecule has 1 heterocycles. The van der Waals surface area contributed by atoms with Crippen LogP contribution < -0.4 is 5.32 Å². The van der Waals surface area contributed by atoms with Crippen LogP contribution in [0.1, 0.15) is 26.3 Å². The summed E-state index contributed by atoms with van der Waals surface area (Å²) < 4.78 is 0. The molecular weight excluding hydrogens is 190 g/mol. The maximum atomic E-state index is 3.51. The van der Waals surface area contributed by atoms with Crippen LogP contribution in [0.4, 0.5) is 0 Å². The molecule has 0 bridgehead atoms. The summed E-state index contributed by atoms with van der Waals surface area (Å²) in [7, 11) is 0. The zero-order chi connectivity index (χ0) is 10.4. The summed E-state index contributed by atoms with van der Waals surface area (Å²) in [6.45, 7) is 9.12. The van der Waals surface area contributed by atoms with Crippen molar-refractivity contribution in [1.82, 2.24) is 5.32 Å². The molecular formula is C12H21NS. The lowest BCUT2D eigenvalue weighted by Crippen LogP contribution is -2.25. The molecule has 0 aliphatic carbocycles. The van der Waals surface area contributed by atoms with Crippen molar-refractivity contribution in [3.63, 3.8) is 0 Å². The Bertz CT molecular complexity index is 228. The molecule has 1 atom stereocenters. The first kappa shape index (κ1) is 11.7. The summed E-state index contributed by atoms with van der Waals surface area (Å²) in [5.74, 6) is 1.56. The highest BCUT2D eigenvalue weighted by atomic mass is 32.1. The number of nitrogens with one attached hydrogen (secondary N) is 1. The Morgan fingerprint density at radius 2 is 2.14 bits per heavy atom. The maximum Gasteiger partial charge on any atom is -0.000794 e. The van der Waals surface area contributed by atoms with Crippen LogP contribution in [-0.2, 0) is 6.42 Å². The van der Waals surface area contributed by atoms with E-state index in [0.29, 0.717) is 0 Å². The number of hydrogen-bond donors (Lipinski definition) is 1. The molecule has 1 N–H and O–H groups in total. The van der Waals surface area contributed by atoms with Gasteiger partial charge in [0.25, 0.3) is 0 Å². The van der Waals surface area contributed by atoms with Gasteiger partial charge in [0.05, 0.1) is 0 Å². The Labute approximate surface area is 91.5 Å². The van der Waals surface area contributed by atoms with Crippen molar-refractivity contribution in [2.24, 2.45) is 11.8 Å². The summed E-state index contributed by atoms with van der Waals surface area (Å²) in [4.78, 5) is 0. The van der Waals surface area contributed by atoms with Crippen LogP contribution in [0, 0.1) is 11.8 Å². The summed E-state index contributed by atoms with van der Waals surface area (Å²) in [5.41, 5.74) is 1.46. The van der Waals surface area contributed by atoms with E-state index < -0.39 is 0 Å². The Hall–Kier alpha value is -0.340. The van der Waals surface area contributed by atoms with E-state index in [-0.39, 0.29) is 0 Å². The van der Waals surface area contributed by atoms with Gasteiger partial charge in [0.15, 0.2) is 0 Å². The molecule has 14 heavy (non-hydrogen) atoms. The fourth-order valence-corrected chi connectivity index (χ4v) is 1.94. The molecule has 0 radical (unpaired) electrons. The van der Waals surface area contributed by atoms with E-state index in [1.807, 2.05) is 0 Å². The zero-order valence-corrected chi connectivity index (χ0v) is 10.2. The molecule has 0 amide bonds. The van der Waals surface area contributed by atoms with Gasteiger partial charge < -0.3 is 5.32 Å². The molecule has 1 unspecified atom stereocenters. The quantitative estimate of drug-likeness (QED) is 0.713. The van der Waals surface area contributed by atoms with Gasteiger partial charge in [-0.25, -0.2) is 0 Å². The molecule has 0 fully saturated rings. The average Bonchev–Trinajstić information content (AvgIpc) is 2.64. The molecule has 80 valence electrons. The SMILES string of the molecule is CC(C)C(C)CNCCc1ccsc1. The summed E-state index contributed by atoms with van der Waals surface area (Å²) in [6.07, 6.45) is 1.16. The largest absolute Gasteiger partial charge is 0.316 e. The van der Waals surface area contributed by atoms with Crippen molar-refractivity contribution in [2.45, 2.75) is 27.2 Å². The van der Waals surface area contributed by atoms with E-state index in [1.54, 1.807) is 11.3 Å². The molecule has 1 aromatic rings. The zero-order valence-electron chi connectivity index (χ0n) is 9.42. The minimum atomic E-state index is 0.775. The van der Waals surface area contributed by atoms with Crippen LogP contribution in [0.25, 0.3) is 0 Å². The van der Waals surface area contributed by atoms with Gasteiger partial charge in [-0.05, 0) is 53.7 Å². The smallest absolute Gasteiger partial charge is 0.000794 e. The van der Waals surface area contributed by atoms with E-state index in [9.17, 15) is 0 Å². The monoisotopic (exact) mass is 211 g/mol. The predicted octanol–water partition coefficient (Wildman–Crippen LogP) is 3.17. The van der Waals surface area contributed by atoms with Gasteiger partial charge in [-0.1, -0.05) is 20.8 Å². The van der Waals surface area contributed by atoms with Gasteiger partial charge in [-0.2, -0.15) is 11.3 Å². The minimum Gasteiger partial charge on any atom is -0.316 e. The Balaban J connectivity index is 2.05. The highest BCUT2D eigenvalue weighted by molar-refractivity contribution is 7.07. The Kier molecular flexibility index (Phi) is 5.20. The highest BCUT2D eigenvalue weighted by Crippen LogP contribution is 2.08. The van der Waals surface area contributed by atoms with Crippen molar-refractivity contribution >= 4 is 11.3 Å². The topological polar surface area (TPSA) is 12.0 Å². The van der Waals surface area contributed by atoms with Crippen LogP contribution in [0.2, 0.25) is 0 Å². The molecule has 0 saturated heterocycles.